The molecule has 2 aromatic heterocycles. The van der Waals surface area contributed by atoms with Crippen molar-refractivity contribution >= 4 is 23.2 Å². The lowest BCUT2D eigenvalue weighted by atomic mass is 9.92. The summed E-state index contributed by atoms with van der Waals surface area (Å²) in [5.41, 5.74) is 6.03. The summed E-state index contributed by atoms with van der Waals surface area (Å²) in [6.07, 6.45) is -0.201. The molecule has 190 valence electrons. The van der Waals surface area contributed by atoms with Crippen LogP contribution in [0.2, 0.25) is 5.02 Å². The lowest BCUT2D eigenvalue weighted by Crippen LogP contribution is -2.29. The number of nitrogens with zero attached hydrogens (tertiary/aromatic N) is 3. The molecule has 2 aromatic carbocycles. The molecule has 2 heterocycles. The molecule has 4 aromatic rings. The first-order valence-corrected chi connectivity index (χ1v) is 12.5. The number of hydrogen-bond acceptors (Lipinski definition) is 5. The molecular formula is C28H33ClN4O3. The Morgan fingerprint density at radius 3 is 2.44 bits per heavy atom. The van der Waals surface area contributed by atoms with Gasteiger partial charge in [0.15, 0.2) is 17.6 Å². The zero-order valence-electron chi connectivity index (χ0n) is 21.9. The van der Waals surface area contributed by atoms with E-state index in [0.29, 0.717) is 28.7 Å². The maximum absolute atomic E-state index is 12.9. The lowest BCUT2D eigenvalue weighted by molar-refractivity contribution is -0.153. The highest BCUT2D eigenvalue weighted by atomic mass is 35.5. The molecule has 0 spiro atoms. The SMILES string of the molecule is CCC(Oc1ccc(C)cc1C)C(=O)OCc1cc(C)ccc1-c1nc2c(Cl)c(C(C)(C)C)[nH]n2n1. The molecule has 36 heavy (non-hydrogen) atoms. The number of aryl methyl sites for hydroxylation is 3. The minimum absolute atomic E-state index is 0.0801. The molecule has 1 unspecified atom stereocenters. The molecule has 0 bridgehead atoms. The van der Waals surface area contributed by atoms with E-state index in [-0.39, 0.29) is 12.0 Å². The van der Waals surface area contributed by atoms with Crippen LogP contribution < -0.4 is 4.74 Å². The average Bonchev–Trinajstić information content (AvgIpc) is 3.36. The fraction of sp³-hybridized carbons (Fsp3) is 0.393. The summed E-state index contributed by atoms with van der Waals surface area (Å²) in [7, 11) is 0. The van der Waals surface area contributed by atoms with E-state index in [9.17, 15) is 4.79 Å². The van der Waals surface area contributed by atoms with Crippen LogP contribution in [-0.2, 0) is 21.6 Å². The second kappa shape index (κ2) is 9.97. The van der Waals surface area contributed by atoms with Crippen molar-refractivity contribution in [2.45, 2.75) is 73.0 Å². The summed E-state index contributed by atoms with van der Waals surface area (Å²) in [6, 6.07) is 11.8. The Bertz CT molecular complexity index is 1410. The number of halogens is 1. The molecule has 1 atom stereocenters. The summed E-state index contributed by atoms with van der Waals surface area (Å²) < 4.78 is 13.3. The van der Waals surface area contributed by atoms with Crippen molar-refractivity contribution < 1.29 is 14.3 Å². The molecule has 7 nitrogen and oxygen atoms in total. The first-order chi connectivity index (χ1) is 17.0. The van der Waals surface area contributed by atoms with Gasteiger partial charge in [0.1, 0.15) is 17.4 Å². The number of nitrogens with one attached hydrogen (secondary N) is 1. The number of benzene rings is 2. The third-order valence-corrected chi connectivity index (χ3v) is 6.45. The standard InChI is InChI=1S/C28H33ClN4O3/c1-8-21(36-22-12-10-16(2)13-18(22)4)27(34)35-15-19-14-17(3)9-11-20(19)25-30-26-23(29)24(28(5,6)7)31-33(26)32-25/h9-14,21,31H,8,15H2,1-7H3. The van der Waals surface area contributed by atoms with Crippen LogP contribution >= 0.6 is 11.6 Å². The molecule has 4 rings (SSSR count). The number of carbonyl (C=O) groups excluding carboxylic acids is 1. The second-order valence-corrected chi connectivity index (χ2v) is 10.7. The number of carbonyl (C=O) groups is 1. The van der Waals surface area contributed by atoms with Gasteiger partial charge in [0.05, 0.1) is 5.69 Å². The highest BCUT2D eigenvalue weighted by molar-refractivity contribution is 6.34. The average molecular weight is 509 g/mol. The highest BCUT2D eigenvalue weighted by Crippen LogP contribution is 2.32. The molecule has 0 aliphatic carbocycles. The molecule has 0 fully saturated rings. The van der Waals surface area contributed by atoms with Crippen LogP contribution in [0, 0.1) is 20.8 Å². The Balaban J connectivity index is 1.55. The van der Waals surface area contributed by atoms with Crippen molar-refractivity contribution in [3.63, 3.8) is 0 Å². The van der Waals surface area contributed by atoms with Crippen molar-refractivity contribution in [1.82, 2.24) is 19.8 Å². The van der Waals surface area contributed by atoms with Crippen LogP contribution in [0.4, 0.5) is 0 Å². The zero-order valence-corrected chi connectivity index (χ0v) is 22.7. The normalized spacial score (nSPS) is 12.7. The van der Waals surface area contributed by atoms with E-state index in [1.54, 1.807) is 4.63 Å². The van der Waals surface area contributed by atoms with E-state index < -0.39 is 12.1 Å². The Morgan fingerprint density at radius 2 is 1.81 bits per heavy atom. The van der Waals surface area contributed by atoms with Gasteiger partial charge in [0.2, 0.25) is 0 Å². The van der Waals surface area contributed by atoms with E-state index in [1.165, 1.54) is 0 Å². The summed E-state index contributed by atoms with van der Waals surface area (Å²) >= 11 is 6.61. The van der Waals surface area contributed by atoms with Gasteiger partial charge in [-0.25, -0.2) is 9.78 Å². The molecule has 0 radical (unpaired) electrons. The third-order valence-electron chi connectivity index (χ3n) is 6.10. The van der Waals surface area contributed by atoms with Crippen LogP contribution in [0.5, 0.6) is 5.75 Å². The minimum Gasteiger partial charge on any atom is -0.478 e. The van der Waals surface area contributed by atoms with Crippen molar-refractivity contribution in [2.24, 2.45) is 0 Å². The smallest absolute Gasteiger partial charge is 0.347 e. The quantitative estimate of drug-likeness (QED) is 0.288. The third kappa shape index (κ3) is 5.26. The van der Waals surface area contributed by atoms with Gasteiger partial charge in [0, 0.05) is 16.5 Å². The maximum Gasteiger partial charge on any atom is 0.347 e. The van der Waals surface area contributed by atoms with Crippen molar-refractivity contribution in [2.75, 3.05) is 0 Å². The monoisotopic (exact) mass is 508 g/mol. The summed E-state index contributed by atoms with van der Waals surface area (Å²) in [5, 5.41) is 8.41. The maximum atomic E-state index is 12.9. The van der Waals surface area contributed by atoms with Crippen molar-refractivity contribution in [1.29, 1.82) is 0 Å². The Kier molecular flexibility index (Phi) is 7.14. The first-order valence-electron chi connectivity index (χ1n) is 12.1. The zero-order chi connectivity index (χ0) is 26.2. The van der Waals surface area contributed by atoms with Crippen LogP contribution in [0.3, 0.4) is 0 Å². The number of aromatic nitrogens is 4. The van der Waals surface area contributed by atoms with Crippen LogP contribution in [0.25, 0.3) is 17.0 Å². The highest BCUT2D eigenvalue weighted by Gasteiger charge is 2.25. The topological polar surface area (TPSA) is 81.5 Å². The summed E-state index contributed by atoms with van der Waals surface area (Å²) in [4.78, 5) is 17.6. The number of ether oxygens (including phenoxy) is 2. The van der Waals surface area contributed by atoms with E-state index >= 15 is 0 Å². The van der Waals surface area contributed by atoms with Gasteiger partial charge < -0.3 is 9.47 Å². The van der Waals surface area contributed by atoms with Crippen molar-refractivity contribution in [3.8, 4) is 17.1 Å². The molecule has 0 amide bonds. The van der Waals surface area contributed by atoms with Gasteiger partial charge in [-0.1, -0.05) is 80.8 Å². The summed E-state index contributed by atoms with van der Waals surface area (Å²) in [5.74, 6) is 0.783. The van der Waals surface area contributed by atoms with E-state index in [0.717, 1.165) is 33.5 Å². The van der Waals surface area contributed by atoms with Gasteiger partial charge >= 0.3 is 5.97 Å². The molecule has 0 saturated heterocycles. The number of H-pyrrole nitrogens is 1. The van der Waals surface area contributed by atoms with E-state index in [2.05, 4.69) is 36.0 Å². The fourth-order valence-corrected chi connectivity index (χ4v) is 4.54. The lowest BCUT2D eigenvalue weighted by Gasteiger charge is -2.18. The van der Waals surface area contributed by atoms with Gasteiger partial charge in [-0.2, -0.15) is 4.63 Å². The number of aromatic amines is 1. The van der Waals surface area contributed by atoms with Gasteiger partial charge in [0.25, 0.3) is 0 Å². The van der Waals surface area contributed by atoms with Crippen molar-refractivity contribution in [3.05, 3.63) is 69.4 Å². The predicted molar refractivity (Wildman–Crippen MR) is 142 cm³/mol. The molecule has 1 N–H and O–H groups in total. The number of fused-ring (bicyclic) bond motifs is 1. The van der Waals surface area contributed by atoms with E-state index in [1.807, 2.05) is 64.1 Å². The van der Waals surface area contributed by atoms with Gasteiger partial charge in [-0.15, -0.1) is 5.10 Å². The molecule has 0 aliphatic heterocycles. The predicted octanol–water partition coefficient (Wildman–Crippen LogP) is 6.50. The largest absolute Gasteiger partial charge is 0.478 e. The molecule has 0 saturated carbocycles. The van der Waals surface area contributed by atoms with E-state index in [4.69, 9.17) is 21.1 Å². The van der Waals surface area contributed by atoms with Gasteiger partial charge in [-0.05, 0) is 38.8 Å². The second-order valence-electron chi connectivity index (χ2n) is 10.3. The molecular weight excluding hydrogens is 476 g/mol. The fourth-order valence-electron chi connectivity index (χ4n) is 4.09. The number of esters is 1. The molecule has 0 aliphatic rings. The number of hydrogen-bond donors (Lipinski definition) is 1. The number of rotatable bonds is 7. The van der Waals surface area contributed by atoms with Gasteiger partial charge in [-0.3, -0.25) is 5.10 Å². The Hall–Kier alpha value is -3.32. The van der Waals surface area contributed by atoms with Crippen LogP contribution in [-0.4, -0.2) is 31.9 Å². The summed E-state index contributed by atoms with van der Waals surface area (Å²) in [6.45, 7) is 14.2. The Morgan fingerprint density at radius 1 is 1.11 bits per heavy atom. The first kappa shape index (κ1) is 25.8. The Labute approximate surface area is 216 Å². The van der Waals surface area contributed by atoms with Crippen LogP contribution in [0.15, 0.2) is 36.4 Å². The minimum atomic E-state index is -0.696. The molecule has 8 heteroatoms. The van der Waals surface area contributed by atoms with Crippen LogP contribution in [0.1, 0.15) is 62.1 Å².